The van der Waals surface area contributed by atoms with Crippen LogP contribution in [0, 0.1) is 23.7 Å². The van der Waals surface area contributed by atoms with E-state index in [0.29, 0.717) is 0 Å². The van der Waals surface area contributed by atoms with Crippen LogP contribution in [0.15, 0.2) is 0 Å². The summed E-state index contributed by atoms with van der Waals surface area (Å²) in [5, 5.41) is 33.4. The van der Waals surface area contributed by atoms with E-state index in [4.69, 9.17) is 17.2 Å². The average molecular weight is 758 g/mol. The van der Waals surface area contributed by atoms with E-state index in [1.54, 1.807) is 41.5 Å². The number of aliphatic hydroxyl groups is 1. The quantitative estimate of drug-likeness (QED) is 0.0483. The van der Waals surface area contributed by atoms with Gasteiger partial charge in [0.15, 0.2) is 6.04 Å². The fourth-order valence-corrected chi connectivity index (χ4v) is 4.96. The van der Waals surface area contributed by atoms with Gasteiger partial charge in [0.1, 0.15) is 30.2 Å². The van der Waals surface area contributed by atoms with Gasteiger partial charge in [0.25, 0.3) is 0 Å². The number of nitrogens with one attached hydrogen (secondary N) is 6. The molecule has 0 aliphatic heterocycles. The van der Waals surface area contributed by atoms with E-state index in [-0.39, 0.29) is 12.3 Å². The largest absolute Gasteiger partial charge is 0.480 e. The summed E-state index contributed by atoms with van der Waals surface area (Å²) in [5.74, 6) is -10.7. The first kappa shape index (κ1) is 48.1. The summed E-state index contributed by atoms with van der Waals surface area (Å²) in [6.45, 7) is 14.2. The maximum atomic E-state index is 13.5. The predicted octanol–water partition coefficient (Wildman–Crippen LogP) is -3.55. The van der Waals surface area contributed by atoms with Crippen molar-refractivity contribution in [2.24, 2.45) is 40.9 Å². The summed E-state index contributed by atoms with van der Waals surface area (Å²) < 4.78 is 0. The number of carbonyl (C=O) groups excluding carboxylic acids is 8. The molecule has 0 unspecified atom stereocenters. The van der Waals surface area contributed by atoms with Crippen LogP contribution in [0.4, 0.5) is 0 Å². The van der Waals surface area contributed by atoms with Gasteiger partial charge >= 0.3 is 5.97 Å². The van der Waals surface area contributed by atoms with Crippen LogP contribution in [-0.2, 0) is 43.2 Å². The van der Waals surface area contributed by atoms with Gasteiger partial charge in [0, 0.05) is 0 Å². The zero-order valence-electron chi connectivity index (χ0n) is 31.9. The fourth-order valence-electron chi connectivity index (χ4n) is 4.96. The number of carboxylic acid groups (broad SMARTS) is 1. The van der Waals surface area contributed by atoms with Crippen molar-refractivity contribution < 1.29 is 53.4 Å². The lowest BCUT2D eigenvalue weighted by atomic mass is 9.98. The van der Waals surface area contributed by atoms with Crippen LogP contribution in [0.5, 0.6) is 0 Å². The first-order valence-corrected chi connectivity index (χ1v) is 17.4. The molecule has 0 spiro atoms. The summed E-state index contributed by atoms with van der Waals surface area (Å²) in [7, 11) is 0. The van der Waals surface area contributed by atoms with E-state index in [1.165, 1.54) is 0 Å². The first-order valence-electron chi connectivity index (χ1n) is 17.4. The lowest BCUT2D eigenvalue weighted by molar-refractivity contribution is -0.145. The minimum absolute atomic E-state index is 0.0438. The molecule has 0 heterocycles. The van der Waals surface area contributed by atoms with Crippen LogP contribution in [0.2, 0.25) is 0 Å². The second-order valence-corrected chi connectivity index (χ2v) is 14.5. The van der Waals surface area contributed by atoms with Crippen molar-refractivity contribution >= 4 is 53.2 Å². The highest BCUT2D eigenvalue weighted by atomic mass is 16.4. The first-order chi connectivity index (χ1) is 24.3. The van der Waals surface area contributed by atoms with Crippen molar-refractivity contribution in [2.45, 2.75) is 130 Å². The monoisotopic (exact) mass is 757 g/mol. The van der Waals surface area contributed by atoms with E-state index >= 15 is 0 Å². The molecule has 0 radical (unpaired) electrons. The van der Waals surface area contributed by atoms with Crippen molar-refractivity contribution in [2.75, 3.05) is 0 Å². The number of primary amides is 2. The zero-order chi connectivity index (χ0) is 41.5. The number of carbonyl (C=O) groups is 9. The molecule has 8 amide bonds. The van der Waals surface area contributed by atoms with Crippen molar-refractivity contribution in [1.29, 1.82) is 0 Å². The van der Waals surface area contributed by atoms with E-state index in [9.17, 15) is 53.4 Å². The third-order valence-electron chi connectivity index (χ3n) is 7.93. The van der Waals surface area contributed by atoms with Crippen LogP contribution in [0.1, 0.15) is 81.6 Å². The number of nitrogens with two attached hydrogens (primary N) is 3. The number of aliphatic carboxylic acids is 1. The molecule has 0 rings (SSSR count). The van der Waals surface area contributed by atoms with E-state index < -0.39 is 132 Å². The van der Waals surface area contributed by atoms with Gasteiger partial charge in [-0.15, -0.1) is 0 Å². The maximum Gasteiger partial charge on any atom is 0.328 e. The Morgan fingerprint density at radius 1 is 0.491 bits per heavy atom. The summed E-state index contributed by atoms with van der Waals surface area (Å²) in [4.78, 5) is 114. The molecule has 0 fully saturated rings. The number of aliphatic hydroxyl groups excluding tert-OH is 1. The Morgan fingerprint density at radius 3 is 1.08 bits per heavy atom. The van der Waals surface area contributed by atoms with Gasteiger partial charge in [-0.1, -0.05) is 55.4 Å². The molecule has 0 aromatic heterocycles. The number of carboxylic acids is 1. The number of rotatable bonds is 23. The molecule has 0 saturated heterocycles. The van der Waals surface area contributed by atoms with Crippen LogP contribution in [0.25, 0.3) is 0 Å². The zero-order valence-corrected chi connectivity index (χ0v) is 31.9. The maximum absolute atomic E-state index is 13.5. The summed E-state index contributed by atoms with van der Waals surface area (Å²) in [6.07, 6.45) is -2.53. The molecule has 0 aliphatic carbocycles. The van der Waals surface area contributed by atoms with Gasteiger partial charge in [-0.05, 0) is 37.0 Å². The van der Waals surface area contributed by atoms with Gasteiger partial charge in [-0.2, -0.15) is 0 Å². The Balaban J connectivity index is 6.16. The van der Waals surface area contributed by atoms with E-state index in [2.05, 4.69) is 31.9 Å². The lowest BCUT2D eigenvalue weighted by Crippen LogP contribution is -2.62. The molecule has 0 bridgehead atoms. The van der Waals surface area contributed by atoms with E-state index in [0.717, 1.165) is 6.92 Å². The van der Waals surface area contributed by atoms with Crippen LogP contribution < -0.4 is 49.1 Å². The van der Waals surface area contributed by atoms with Gasteiger partial charge in [-0.3, -0.25) is 38.4 Å². The molecule has 302 valence electrons. The molecule has 0 saturated carbocycles. The molecule has 14 N–H and O–H groups in total. The molecular formula is C33H59N9O11. The molecule has 0 aliphatic rings. The van der Waals surface area contributed by atoms with Gasteiger partial charge in [0.2, 0.25) is 47.3 Å². The number of hydrogen-bond donors (Lipinski definition) is 11. The normalized spacial score (nSPS) is 15.9. The fraction of sp³-hybridized carbons (Fsp3) is 0.727. The van der Waals surface area contributed by atoms with Crippen molar-refractivity contribution in [3.05, 3.63) is 0 Å². The Bertz CT molecular complexity index is 1340. The van der Waals surface area contributed by atoms with E-state index in [1.807, 2.05) is 13.8 Å². The highest BCUT2D eigenvalue weighted by Crippen LogP contribution is 2.10. The molecule has 0 aromatic carbocycles. The second-order valence-electron chi connectivity index (χ2n) is 14.5. The Kier molecular flexibility index (Phi) is 20.2. The average Bonchev–Trinajstić information content (AvgIpc) is 3.00. The molecule has 20 nitrogen and oxygen atoms in total. The van der Waals surface area contributed by atoms with Crippen LogP contribution >= 0.6 is 0 Å². The van der Waals surface area contributed by atoms with Crippen molar-refractivity contribution in [3.63, 3.8) is 0 Å². The summed E-state index contributed by atoms with van der Waals surface area (Å²) >= 11 is 0. The minimum Gasteiger partial charge on any atom is -0.480 e. The highest BCUT2D eigenvalue weighted by molar-refractivity contribution is 5.99. The third kappa shape index (κ3) is 17.0. The predicted molar refractivity (Wildman–Crippen MR) is 190 cm³/mol. The standard InChI is InChI=1S/C33H59N9O11/c1-13(2)10-18(34)27(46)37-19(11-21(35)44)28(47)39-23(14(3)4)30(49)38-20(12-22(36)45)29(48)40-24(15(5)6)31(50)41-25(16(7)8)32(51)42-26(17(9)43)33(52)53/h13-20,23-26,43H,10-12,34H2,1-9H3,(H2,35,44)(H2,36,45)(H,37,46)(H,38,49)(H,39,47)(H,40,48)(H,41,50)(H,42,51)(H,52,53)/t17-,18+,19+,20+,23+,24+,25+,26+/m1/s1. The second kappa shape index (κ2) is 22.3. The highest BCUT2D eigenvalue weighted by Gasteiger charge is 2.37. The molecule has 53 heavy (non-hydrogen) atoms. The smallest absolute Gasteiger partial charge is 0.328 e. The number of hydrogen-bond acceptors (Lipinski definition) is 11. The van der Waals surface area contributed by atoms with Crippen molar-refractivity contribution in [1.82, 2.24) is 31.9 Å². The van der Waals surface area contributed by atoms with Gasteiger partial charge in [-0.25, -0.2) is 4.79 Å². The Morgan fingerprint density at radius 2 is 0.792 bits per heavy atom. The molecular weight excluding hydrogens is 698 g/mol. The Labute approximate surface area is 309 Å². The van der Waals surface area contributed by atoms with Gasteiger partial charge in [0.05, 0.1) is 25.0 Å². The van der Waals surface area contributed by atoms with Gasteiger partial charge < -0.3 is 59.3 Å². The van der Waals surface area contributed by atoms with Crippen LogP contribution in [0.3, 0.4) is 0 Å². The van der Waals surface area contributed by atoms with Crippen molar-refractivity contribution in [3.8, 4) is 0 Å². The number of amides is 8. The molecule has 20 heteroatoms. The lowest BCUT2D eigenvalue weighted by Gasteiger charge is -2.30. The SMILES string of the molecule is CC(C)C[C@H](N)C(=O)N[C@@H](CC(N)=O)C(=O)N[C@H](C(=O)N[C@@H](CC(N)=O)C(=O)N[C@H](C(=O)N[C@H](C(=O)N[C@H](C(=O)O)[C@@H](C)O)C(C)C)C(C)C)C(C)C. The summed E-state index contributed by atoms with van der Waals surface area (Å²) in [6, 6.07) is -9.86. The Hall–Kier alpha value is -4.85. The topological polar surface area (TPSA) is 344 Å². The minimum atomic E-state index is -1.67. The third-order valence-corrected chi connectivity index (χ3v) is 7.93. The molecule has 8 atom stereocenters. The van der Waals surface area contributed by atoms with Crippen LogP contribution in [-0.4, -0.2) is 112 Å². The molecule has 0 aromatic rings. The summed E-state index contributed by atoms with van der Waals surface area (Å²) in [5.41, 5.74) is 16.6.